The molecular formula is C13H15F3N2O. The van der Waals surface area contributed by atoms with Gasteiger partial charge in [0.1, 0.15) is 0 Å². The van der Waals surface area contributed by atoms with Crippen molar-refractivity contribution in [2.24, 2.45) is 10.9 Å². The summed E-state index contributed by atoms with van der Waals surface area (Å²) < 4.78 is 42.1. The van der Waals surface area contributed by atoms with Crippen LogP contribution in [0.25, 0.3) is 0 Å². The van der Waals surface area contributed by atoms with Crippen molar-refractivity contribution >= 4 is 6.21 Å². The molecule has 0 bridgehead atoms. The van der Waals surface area contributed by atoms with Crippen LogP contribution in [0.3, 0.4) is 0 Å². The lowest BCUT2D eigenvalue weighted by atomic mass is 10.2. The van der Waals surface area contributed by atoms with Crippen LogP contribution in [-0.2, 0) is 10.9 Å². The largest absolute Gasteiger partial charge is 0.417 e. The third kappa shape index (κ3) is 4.02. The van der Waals surface area contributed by atoms with Gasteiger partial charge in [0.05, 0.1) is 23.9 Å². The molecule has 1 aromatic heterocycles. The van der Waals surface area contributed by atoms with E-state index in [0.717, 1.165) is 25.1 Å². The van der Waals surface area contributed by atoms with E-state index in [4.69, 9.17) is 4.74 Å². The molecule has 0 aromatic carbocycles. The molecule has 19 heavy (non-hydrogen) atoms. The Kier molecular flexibility index (Phi) is 4.19. The highest BCUT2D eigenvalue weighted by Crippen LogP contribution is 2.34. The van der Waals surface area contributed by atoms with Gasteiger partial charge in [-0.1, -0.05) is 0 Å². The molecule has 2 rings (SSSR count). The molecule has 1 aromatic rings. The Labute approximate surface area is 109 Å². The van der Waals surface area contributed by atoms with E-state index in [1.807, 2.05) is 0 Å². The van der Waals surface area contributed by atoms with Gasteiger partial charge in [-0.15, -0.1) is 0 Å². The van der Waals surface area contributed by atoms with E-state index in [0.29, 0.717) is 18.2 Å². The summed E-state index contributed by atoms with van der Waals surface area (Å²) in [6, 6.07) is 2.41. The SMILES string of the molecule is COCC(/N=C/c1ccc(C(F)(F)F)cn1)C1CC1. The van der Waals surface area contributed by atoms with Gasteiger partial charge in [0.25, 0.3) is 0 Å². The summed E-state index contributed by atoms with van der Waals surface area (Å²) in [7, 11) is 1.61. The van der Waals surface area contributed by atoms with Gasteiger partial charge in [0, 0.05) is 19.5 Å². The van der Waals surface area contributed by atoms with Crippen LogP contribution in [0.5, 0.6) is 0 Å². The highest BCUT2D eigenvalue weighted by Gasteiger charge is 2.31. The summed E-state index contributed by atoms with van der Waals surface area (Å²) in [5.74, 6) is 0.533. The number of pyridine rings is 1. The molecule has 0 N–H and O–H groups in total. The van der Waals surface area contributed by atoms with Crippen LogP contribution in [0.15, 0.2) is 23.3 Å². The van der Waals surface area contributed by atoms with Crippen molar-refractivity contribution in [3.05, 3.63) is 29.6 Å². The Hall–Kier alpha value is -1.43. The van der Waals surface area contributed by atoms with Crippen molar-refractivity contribution in [1.82, 2.24) is 4.98 Å². The monoisotopic (exact) mass is 272 g/mol. The zero-order chi connectivity index (χ0) is 13.9. The minimum atomic E-state index is -4.35. The van der Waals surface area contributed by atoms with Gasteiger partial charge in [-0.25, -0.2) is 0 Å². The van der Waals surface area contributed by atoms with Crippen LogP contribution in [0.1, 0.15) is 24.1 Å². The summed E-state index contributed by atoms with van der Waals surface area (Å²) in [4.78, 5) is 8.09. The molecular weight excluding hydrogens is 257 g/mol. The molecule has 1 aliphatic rings. The maximum atomic E-state index is 12.4. The molecule has 1 unspecified atom stereocenters. The smallest absolute Gasteiger partial charge is 0.382 e. The first-order valence-corrected chi connectivity index (χ1v) is 6.06. The molecule has 1 aliphatic carbocycles. The van der Waals surface area contributed by atoms with E-state index in [2.05, 4.69) is 9.98 Å². The molecule has 1 saturated carbocycles. The summed E-state index contributed by atoms with van der Waals surface area (Å²) in [6.45, 7) is 0.530. The highest BCUT2D eigenvalue weighted by molar-refractivity contribution is 5.77. The molecule has 0 aliphatic heterocycles. The van der Waals surface area contributed by atoms with E-state index < -0.39 is 11.7 Å². The van der Waals surface area contributed by atoms with Crippen molar-refractivity contribution in [2.45, 2.75) is 25.1 Å². The predicted octanol–water partition coefficient (Wildman–Crippen LogP) is 2.94. The molecule has 0 radical (unpaired) electrons. The van der Waals surface area contributed by atoms with Crippen LogP contribution in [0, 0.1) is 5.92 Å². The topological polar surface area (TPSA) is 34.5 Å². The lowest BCUT2D eigenvalue weighted by Crippen LogP contribution is -2.15. The third-order valence-corrected chi connectivity index (χ3v) is 3.02. The lowest BCUT2D eigenvalue weighted by Gasteiger charge is -2.09. The Morgan fingerprint density at radius 2 is 2.21 bits per heavy atom. The van der Waals surface area contributed by atoms with Gasteiger partial charge >= 0.3 is 6.18 Å². The van der Waals surface area contributed by atoms with E-state index in [1.165, 1.54) is 12.3 Å². The minimum Gasteiger partial charge on any atom is -0.382 e. The normalized spacial score (nSPS) is 17.9. The standard InChI is InChI=1S/C13H15F3N2O/c1-19-8-12(9-2-3-9)18-7-11-5-4-10(6-17-11)13(14,15)16/h4-7,9,12H,2-3,8H2,1H3/b18-7+. The minimum absolute atomic E-state index is 0.0779. The number of hydrogen-bond acceptors (Lipinski definition) is 3. The molecule has 1 atom stereocenters. The summed E-state index contributed by atoms with van der Waals surface area (Å²) >= 11 is 0. The van der Waals surface area contributed by atoms with Gasteiger partial charge in [0.2, 0.25) is 0 Å². The van der Waals surface area contributed by atoms with E-state index in [1.54, 1.807) is 7.11 Å². The number of methoxy groups -OCH3 is 1. The fourth-order valence-corrected chi connectivity index (χ4v) is 1.77. The number of alkyl halides is 3. The second-order valence-corrected chi connectivity index (χ2v) is 4.61. The summed E-state index contributed by atoms with van der Waals surface area (Å²) in [6.07, 6.45) is 0.249. The van der Waals surface area contributed by atoms with Crippen molar-refractivity contribution < 1.29 is 17.9 Å². The van der Waals surface area contributed by atoms with Crippen LogP contribution < -0.4 is 0 Å². The number of ether oxygens (including phenoxy) is 1. The van der Waals surface area contributed by atoms with Crippen LogP contribution in [0.2, 0.25) is 0 Å². The molecule has 0 amide bonds. The molecule has 0 saturated heterocycles. The lowest BCUT2D eigenvalue weighted by molar-refractivity contribution is -0.137. The third-order valence-electron chi connectivity index (χ3n) is 3.02. The number of halogens is 3. The van der Waals surface area contributed by atoms with Crippen LogP contribution >= 0.6 is 0 Å². The second-order valence-electron chi connectivity index (χ2n) is 4.61. The summed E-state index contributed by atoms with van der Waals surface area (Å²) in [5.41, 5.74) is -0.324. The molecule has 3 nitrogen and oxygen atoms in total. The molecule has 1 heterocycles. The number of aromatic nitrogens is 1. The predicted molar refractivity (Wildman–Crippen MR) is 65.2 cm³/mol. The first-order chi connectivity index (χ1) is 9.00. The van der Waals surface area contributed by atoms with E-state index in [9.17, 15) is 13.2 Å². The molecule has 104 valence electrons. The van der Waals surface area contributed by atoms with Crippen molar-refractivity contribution in [3.8, 4) is 0 Å². The van der Waals surface area contributed by atoms with Gasteiger partial charge in [-0.2, -0.15) is 13.2 Å². The maximum Gasteiger partial charge on any atom is 0.417 e. The Bertz CT molecular complexity index is 438. The van der Waals surface area contributed by atoms with Crippen molar-refractivity contribution in [1.29, 1.82) is 0 Å². The average molecular weight is 272 g/mol. The van der Waals surface area contributed by atoms with Gasteiger partial charge < -0.3 is 4.74 Å². The molecule has 6 heteroatoms. The van der Waals surface area contributed by atoms with Crippen molar-refractivity contribution in [2.75, 3.05) is 13.7 Å². The first-order valence-electron chi connectivity index (χ1n) is 6.06. The second kappa shape index (κ2) is 5.69. The molecule has 0 spiro atoms. The van der Waals surface area contributed by atoms with Crippen LogP contribution in [-0.4, -0.2) is 31.0 Å². The van der Waals surface area contributed by atoms with Gasteiger partial charge in [0.15, 0.2) is 0 Å². The summed E-state index contributed by atoms with van der Waals surface area (Å²) in [5, 5.41) is 0. The number of nitrogens with zero attached hydrogens (tertiary/aromatic N) is 2. The average Bonchev–Trinajstić information content (AvgIpc) is 3.18. The quantitative estimate of drug-likeness (QED) is 0.772. The maximum absolute atomic E-state index is 12.4. The number of aliphatic imine (C=N–C) groups is 1. The van der Waals surface area contributed by atoms with Crippen LogP contribution in [0.4, 0.5) is 13.2 Å². The first kappa shape index (κ1) is 14.0. The van der Waals surface area contributed by atoms with Crippen molar-refractivity contribution in [3.63, 3.8) is 0 Å². The number of rotatable bonds is 5. The van der Waals surface area contributed by atoms with Gasteiger partial charge in [-0.05, 0) is 30.9 Å². The molecule has 1 fully saturated rings. The van der Waals surface area contributed by atoms with E-state index in [-0.39, 0.29) is 6.04 Å². The van der Waals surface area contributed by atoms with E-state index >= 15 is 0 Å². The zero-order valence-electron chi connectivity index (χ0n) is 10.5. The number of hydrogen-bond donors (Lipinski definition) is 0. The Morgan fingerprint density at radius 3 is 2.68 bits per heavy atom. The fourth-order valence-electron chi connectivity index (χ4n) is 1.77. The fraction of sp³-hybridized carbons (Fsp3) is 0.538. The highest BCUT2D eigenvalue weighted by atomic mass is 19.4. The Morgan fingerprint density at radius 1 is 1.47 bits per heavy atom. The zero-order valence-corrected chi connectivity index (χ0v) is 10.5. The van der Waals surface area contributed by atoms with Gasteiger partial charge in [-0.3, -0.25) is 9.98 Å². The Balaban J connectivity index is 2.02.